The van der Waals surface area contributed by atoms with Crippen LogP contribution in [0.15, 0.2) is 24.3 Å². The second-order valence-corrected chi connectivity index (χ2v) is 4.79. The highest BCUT2D eigenvalue weighted by Crippen LogP contribution is 2.37. The molecule has 2 rings (SSSR count). The summed E-state index contributed by atoms with van der Waals surface area (Å²) in [5, 5.41) is 3.15. The van der Waals surface area contributed by atoms with Crippen molar-refractivity contribution in [1.29, 1.82) is 0 Å². The summed E-state index contributed by atoms with van der Waals surface area (Å²) in [4.78, 5) is 0. The van der Waals surface area contributed by atoms with Crippen molar-refractivity contribution in [2.75, 3.05) is 13.1 Å². The van der Waals surface area contributed by atoms with Gasteiger partial charge in [-0.1, -0.05) is 25.1 Å². The average molecular weight is 243 g/mol. The predicted octanol–water partition coefficient (Wildman–Crippen LogP) is 3.25. The Balaban J connectivity index is 2.27. The summed E-state index contributed by atoms with van der Waals surface area (Å²) in [5.74, 6) is 0. The summed E-state index contributed by atoms with van der Waals surface area (Å²) in [6, 6.07) is 5.90. The van der Waals surface area contributed by atoms with Crippen LogP contribution in [0.3, 0.4) is 0 Å². The van der Waals surface area contributed by atoms with E-state index in [4.69, 9.17) is 0 Å². The number of hydrogen-bond acceptors (Lipinski definition) is 1. The molecular formula is C13H16F3N. The molecule has 1 aromatic carbocycles. The molecule has 0 radical (unpaired) electrons. The molecule has 17 heavy (non-hydrogen) atoms. The third kappa shape index (κ3) is 2.46. The van der Waals surface area contributed by atoms with Crippen molar-refractivity contribution in [2.24, 2.45) is 5.41 Å². The highest BCUT2D eigenvalue weighted by molar-refractivity contribution is 5.31. The highest BCUT2D eigenvalue weighted by atomic mass is 19.4. The molecule has 1 heterocycles. The Morgan fingerprint density at radius 1 is 1.24 bits per heavy atom. The SMILES string of the molecule is CCC1(Cc2ccccc2C(F)(F)F)CNC1. The quantitative estimate of drug-likeness (QED) is 0.859. The van der Waals surface area contributed by atoms with Crippen LogP contribution in [-0.4, -0.2) is 13.1 Å². The van der Waals surface area contributed by atoms with Gasteiger partial charge < -0.3 is 5.32 Å². The summed E-state index contributed by atoms with van der Waals surface area (Å²) in [7, 11) is 0. The van der Waals surface area contributed by atoms with Crippen LogP contribution in [0.2, 0.25) is 0 Å². The van der Waals surface area contributed by atoms with E-state index in [2.05, 4.69) is 5.32 Å². The Bertz CT molecular complexity index is 388. The largest absolute Gasteiger partial charge is 0.416 e. The first kappa shape index (κ1) is 12.4. The van der Waals surface area contributed by atoms with Crippen molar-refractivity contribution in [3.63, 3.8) is 0 Å². The third-order valence-corrected chi connectivity index (χ3v) is 3.64. The number of benzene rings is 1. The van der Waals surface area contributed by atoms with Gasteiger partial charge in [-0.15, -0.1) is 0 Å². The molecule has 0 unspecified atom stereocenters. The maximum Gasteiger partial charge on any atom is 0.416 e. The van der Waals surface area contributed by atoms with Crippen molar-refractivity contribution in [2.45, 2.75) is 25.9 Å². The highest BCUT2D eigenvalue weighted by Gasteiger charge is 2.39. The topological polar surface area (TPSA) is 12.0 Å². The van der Waals surface area contributed by atoms with E-state index in [1.807, 2.05) is 6.92 Å². The lowest BCUT2D eigenvalue weighted by atomic mass is 9.73. The number of alkyl halides is 3. The van der Waals surface area contributed by atoms with Crippen molar-refractivity contribution in [3.05, 3.63) is 35.4 Å². The van der Waals surface area contributed by atoms with Gasteiger partial charge in [0.25, 0.3) is 0 Å². The maximum absolute atomic E-state index is 12.8. The molecule has 1 aromatic rings. The van der Waals surface area contributed by atoms with E-state index in [1.54, 1.807) is 12.1 Å². The zero-order valence-electron chi connectivity index (χ0n) is 9.77. The van der Waals surface area contributed by atoms with Crippen LogP contribution in [0.5, 0.6) is 0 Å². The molecule has 1 nitrogen and oxygen atoms in total. The molecular weight excluding hydrogens is 227 g/mol. The summed E-state index contributed by atoms with van der Waals surface area (Å²) in [6.45, 7) is 3.67. The van der Waals surface area contributed by atoms with E-state index >= 15 is 0 Å². The van der Waals surface area contributed by atoms with Crippen LogP contribution in [0, 0.1) is 5.41 Å². The Labute approximate surface area is 99.0 Å². The zero-order chi connectivity index (χ0) is 12.5. The molecule has 0 amide bonds. The van der Waals surface area contributed by atoms with E-state index in [1.165, 1.54) is 12.1 Å². The molecule has 0 aromatic heterocycles. The van der Waals surface area contributed by atoms with Crippen LogP contribution < -0.4 is 5.32 Å². The summed E-state index contributed by atoms with van der Waals surface area (Å²) < 4.78 is 38.5. The smallest absolute Gasteiger partial charge is 0.316 e. The summed E-state index contributed by atoms with van der Waals surface area (Å²) >= 11 is 0. The van der Waals surface area contributed by atoms with Gasteiger partial charge in [0.05, 0.1) is 5.56 Å². The molecule has 0 spiro atoms. The normalized spacial score (nSPS) is 18.8. The van der Waals surface area contributed by atoms with Crippen LogP contribution >= 0.6 is 0 Å². The fraction of sp³-hybridized carbons (Fsp3) is 0.538. The van der Waals surface area contributed by atoms with Crippen molar-refractivity contribution in [3.8, 4) is 0 Å². The second-order valence-electron chi connectivity index (χ2n) is 4.79. The van der Waals surface area contributed by atoms with Gasteiger partial charge in [-0.05, 0) is 29.9 Å². The van der Waals surface area contributed by atoms with E-state index in [9.17, 15) is 13.2 Å². The van der Waals surface area contributed by atoms with Crippen LogP contribution in [0.4, 0.5) is 13.2 Å². The van der Waals surface area contributed by atoms with Crippen LogP contribution in [0.1, 0.15) is 24.5 Å². The third-order valence-electron chi connectivity index (χ3n) is 3.64. The Hall–Kier alpha value is -1.03. The van der Waals surface area contributed by atoms with E-state index < -0.39 is 11.7 Å². The molecule has 1 fully saturated rings. The molecule has 0 atom stereocenters. The number of halogens is 3. The Morgan fingerprint density at radius 2 is 1.88 bits per heavy atom. The lowest BCUT2D eigenvalue weighted by Gasteiger charge is -2.42. The minimum absolute atomic E-state index is 0.0152. The first-order chi connectivity index (χ1) is 7.97. The maximum atomic E-state index is 12.8. The fourth-order valence-electron chi connectivity index (χ4n) is 2.33. The van der Waals surface area contributed by atoms with Gasteiger partial charge in [0.15, 0.2) is 0 Å². The van der Waals surface area contributed by atoms with Crippen molar-refractivity contribution in [1.82, 2.24) is 5.32 Å². The number of nitrogens with one attached hydrogen (secondary N) is 1. The van der Waals surface area contributed by atoms with E-state index in [0.717, 1.165) is 19.5 Å². The Kier molecular flexibility index (Phi) is 3.17. The van der Waals surface area contributed by atoms with E-state index in [-0.39, 0.29) is 5.41 Å². The molecule has 1 saturated heterocycles. The summed E-state index contributed by atoms with van der Waals surface area (Å²) in [5.41, 5.74) is -0.0514. The van der Waals surface area contributed by atoms with Gasteiger partial charge in [-0.25, -0.2) is 0 Å². The van der Waals surface area contributed by atoms with Crippen molar-refractivity contribution < 1.29 is 13.2 Å². The van der Waals surface area contributed by atoms with Gasteiger partial charge in [0.1, 0.15) is 0 Å². The Morgan fingerprint density at radius 3 is 2.35 bits per heavy atom. The standard InChI is InChI=1S/C13H16F3N/c1-2-12(8-17-9-12)7-10-5-3-4-6-11(10)13(14,15)16/h3-6,17H,2,7-9H2,1H3. The first-order valence-electron chi connectivity index (χ1n) is 5.83. The van der Waals surface area contributed by atoms with Crippen LogP contribution in [-0.2, 0) is 12.6 Å². The molecule has 1 aliphatic rings. The zero-order valence-corrected chi connectivity index (χ0v) is 9.77. The van der Waals surface area contributed by atoms with Gasteiger partial charge in [-0.2, -0.15) is 13.2 Å². The average Bonchev–Trinajstić information content (AvgIpc) is 2.23. The molecule has 1 aliphatic heterocycles. The summed E-state index contributed by atoms with van der Waals surface area (Å²) in [6.07, 6.45) is -2.83. The number of rotatable bonds is 3. The van der Waals surface area contributed by atoms with Gasteiger partial charge in [0, 0.05) is 13.1 Å². The monoisotopic (exact) mass is 243 g/mol. The second kappa shape index (κ2) is 4.33. The predicted molar refractivity (Wildman–Crippen MR) is 60.7 cm³/mol. The lowest BCUT2D eigenvalue weighted by Crippen LogP contribution is -2.54. The van der Waals surface area contributed by atoms with Gasteiger partial charge >= 0.3 is 6.18 Å². The molecule has 94 valence electrons. The lowest BCUT2D eigenvalue weighted by molar-refractivity contribution is -0.138. The molecule has 0 aliphatic carbocycles. The molecule has 0 saturated carbocycles. The van der Waals surface area contributed by atoms with E-state index in [0.29, 0.717) is 12.0 Å². The molecule has 4 heteroatoms. The minimum Gasteiger partial charge on any atom is -0.316 e. The van der Waals surface area contributed by atoms with Crippen LogP contribution in [0.25, 0.3) is 0 Å². The van der Waals surface area contributed by atoms with Gasteiger partial charge in [0.2, 0.25) is 0 Å². The fourth-order valence-corrected chi connectivity index (χ4v) is 2.33. The minimum atomic E-state index is -4.25. The number of hydrogen-bond donors (Lipinski definition) is 1. The molecule has 0 bridgehead atoms. The van der Waals surface area contributed by atoms with Crippen molar-refractivity contribution >= 4 is 0 Å². The van der Waals surface area contributed by atoms with Gasteiger partial charge in [-0.3, -0.25) is 0 Å². The first-order valence-corrected chi connectivity index (χ1v) is 5.83. The molecule has 1 N–H and O–H groups in total.